The zero-order valence-electron chi connectivity index (χ0n) is 35.3. The van der Waals surface area contributed by atoms with Crippen molar-refractivity contribution in [2.75, 3.05) is 0 Å². The number of hydrogen-bond donors (Lipinski definition) is 0. The van der Waals surface area contributed by atoms with E-state index in [2.05, 4.69) is 226 Å². The molecule has 0 unspecified atom stereocenters. The average molecular weight is 816 g/mol. The SMILES string of the molecule is C=C/C(=C\C(=C/C)c1cccc(-c2cccc3c2C2(c4ccccc4-c4ccccc42)c2ccccc2-3)c1)c1nc(-c2ccc3ccccc3c2)nc(-c2ccc3ccccc3c2)n1. The lowest BCUT2D eigenvalue weighted by Crippen LogP contribution is -2.26. The van der Waals surface area contributed by atoms with Crippen molar-refractivity contribution < 1.29 is 0 Å². The van der Waals surface area contributed by atoms with Gasteiger partial charge in [0.2, 0.25) is 0 Å². The fourth-order valence-electron chi connectivity index (χ4n) is 10.4. The van der Waals surface area contributed by atoms with E-state index >= 15 is 0 Å². The largest absolute Gasteiger partial charge is 0.208 e. The molecule has 3 nitrogen and oxygen atoms in total. The Bertz CT molecular complexity index is 3450. The lowest BCUT2D eigenvalue weighted by molar-refractivity contribution is 0.796. The Morgan fingerprint density at radius 3 is 1.47 bits per heavy atom. The summed E-state index contributed by atoms with van der Waals surface area (Å²) in [4.78, 5) is 15.4. The van der Waals surface area contributed by atoms with Crippen LogP contribution in [0.25, 0.3) is 88.8 Å². The van der Waals surface area contributed by atoms with Crippen molar-refractivity contribution in [1.82, 2.24) is 15.0 Å². The highest BCUT2D eigenvalue weighted by Gasteiger charge is 2.52. The number of aromatic nitrogens is 3. The summed E-state index contributed by atoms with van der Waals surface area (Å²) in [6, 6.07) is 72.3. The molecular weight excluding hydrogens is 775 g/mol. The molecule has 0 aliphatic heterocycles. The maximum Gasteiger partial charge on any atom is 0.164 e. The van der Waals surface area contributed by atoms with Crippen LogP contribution >= 0.6 is 0 Å². The van der Waals surface area contributed by atoms with Crippen LogP contribution in [-0.2, 0) is 5.41 Å². The van der Waals surface area contributed by atoms with Crippen LogP contribution in [0.15, 0.2) is 225 Å². The molecule has 0 N–H and O–H groups in total. The minimum atomic E-state index is -0.449. The van der Waals surface area contributed by atoms with E-state index in [9.17, 15) is 0 Å². The number of benzene rings is 9. The van der Waals surface area contributed by atoms with Crippen LogP contribution in [0.2, 0.25) is 0 Å². The third kappa shape index (κ3) is 5.78. The predicted octanol–water partition coefficient (Wildman–Crippen LogP) is 15.2. The normalized spacial score (nSPS) is 13.5. The van der Waals surface area contributed by atoms with Crippen LogP contribution in [-0.4, -0.2) is 15.0 Å². The van der Waals surface area contributed by atoms with Gasteiger partial charge in [0.05, 0.1) is 5.41 Å². The number of fused-ring (bicyclic) bond motifs is 12. The molecule has 1 spiro atoms. The Morgan fingerprint density at radius 1 is 0.422 bits per heavy atom. The van der Waals surface area contributed by atoms with E-state index in [0.29, 0.717) is 17.5 Å². The lowest BCUT2D eigenvalue weighted by atomic mass is 9.68. The van der Waals surface area contributed by atoms with Crippen molar-refractivity contribution in [3.8, 4) is 56.2 Å². The molecule has 0 radical (unpaired) electrons. The number of nitrogens with zero attached hydrogens (tertiary/aromatic N) is 3. The minimum absolute atomic E-state index is 0.449. The lowest BCUT2D eigenvalue weighted by Gasteiger charge is -2.32. The summed E-state index contributed by atoms with van der Waals surface area (Å²) in [7, 11) is 0. The predicted molar refractivity (Wildman–Crippen MR) is 266 cm³/mol. The van der Waals surface area contributed by atoms with Gasteiger partial charge in [-0.25, -0.2) is 15.0 Å². The molecule has 0 fully saturated rings. The molecule has 64 heavy (non-hydrogen) atoms. The van der Waals surface area contributed by atoms with Gasteiger partial charge in [-0.2, -0.15) is 0 Å². The highest BCUT2D eigenvalue weighted by Crippen LogP contribution is 2.64. The molecule has 0 saturated heterocycles. The average Bonchev–Trinajstić information content (AvgIpc) is 3.84. The standard InChI is InChI=1S/C61H41N3/c1-3-39(35-40(4-2)58-62-59(47-33-31-41-17-5-7-19-44(41)37-47)64-60(63-58)48-34-32-42-18-6-8-20-45(42)38-48)43-21-15-22-46(36-43)49-26-16-27-53-52-25-11-14-30-56(52)61(57(49)53)54-28-12-9-23-50(54)51-24-10-13-29-55(51)61/h3-38H,2H2,1H3/b39-3+,40-35+. The Balaban J connectivity index is 0.997. The summed E-state index contributed by atoms with van der Waals surface area (Å²) < 4.78 is 0. The Labute approximate surface area is 373 Å². The van der Waals surface area contributed by atoms with Crippen LogP contribution < -0.4 is 0 Å². The third-order valence-corrected chi connectivity index (χ3v) is 13.3. The first-order valence-electron chi connectivity index (χ1n) is 21.9. The maximum atomic E-state index is 5.16. The maximum absolute atomic E-state index is 5.16. The van der Waals surface area contributed by atoms with Crippen molar-refractivity contribution in [3.63, 3.8) is 0 Å². The fourth-order valence-corrected chi connectivity index (χ4v) is 10.4. The summed E-state index contributed by atoms with van der Waals surface area (Å²) in [6.45, 7) is 6.40. The summed E-state index contributed by atoms with van der Waals surface area (Å²) in [5.74, 6) is 1.78. The quantitative estimate of drug-likeness (QED) is 0.150. The Kier molecular flexibility index (Phi) is 8.77. The van der Waals surface area contributed by atoms with Crippen molar-refractivity contribution in [2.45, 2.75) is 12.3 Å². The summed E-state index contributed by atoms with van der Waals surface area (Å²) in [6.07, 6.45) is 6.18. The minimum Gasteiger partial charge on any atom is -0.208 e. The number of hydrogen-bond acceptors (Lipinski definition) is 3. The van der Waals surface area contributed by atoms with E-state index in [-0.39, 0.29) is 0 Å². The van der Waals surface area contributed by atoms with E-state index in [4.69, 9.17) is 15.0 Å². The molecule has 300 valence electrons. The van der Waals surface area contributed by atoms with E-state index in [1.54, 1.807) is 0 Å². The highest BCUT2D eigenvalue weighted by molar-refractivity contribution is 5.99. The van der Waals surface area contributed by atoms with Gasteiger partial charge in [0.1, 0.15) is 0 Å². The molecule has 2 aliphatic rings. The molecule has 0 atom stereocenters. The number of allylic oxidation sites excluding steroid dienone is 5. The summed E-state index contributed by atoms with van der Waals surface area (Å²) in [5, 5.41) is 4.59. The van der Waals surface area contributed by atoms with Crippen molar-refractivity contribution >= 4 is 32.7 Å². The van der Waals surface area contributed by atoms with Crippen LogP contribution in [0, 0.1) is 0 Å². The Morgan fingerprint density at radius 2 is 0.906 bits per heavy atom. The van der Waals surface area contributed by atoms with Gasteiger partial charge in [-0.3, -0.25) is 0 Å². The first kappa shape index (κ1) is 37.5. The molecular formula is C61H41N3. The van der Waals surface area contributed by atoms with Gasteiger partial charge in [0, 0.05) is 16.7 Å². The van der Waals surface area contributed by atoms with Crippen LogP contribution in [0.1, 0.15) is 40.6 Å². The third-order valence-electron chi connectivity index (χ3n) is 13.3. The van der Waals surface area contributed by atoms with Gasteiger partial charge >= 0.3 is 0 Å². The second-order valence-corrected chi connectivity index (χ2v) is 16.7. The second-order valence-electron chi connectivity index (χ2n) is 16.7. The zero-order valence-corrected chi connectivity index (χ0v) is 35.3. The zero-order chi connectivity index (χ0) is 42.8. The molecule has 0 amide bonds. The topological polar surface area (TPSA) is 38.7 Å². The smallest absolute Gasteiger partial charge is 0.164 e. The van der Waals surface area contributed by atoms with Crippen molar-refractivity contribution in [2.24, 2.45) is 0 Å². The summed E-state index contributed by atoms with van der Waals surface area (Å²) >= 11 is 0. The van der Waals surface area contributed by atoms with Crippen molar-refractivity contribution in [1.29, 1.82) is 0 Å². The van der Waals surface area contributed by atoms with E-state index < -0.39 is 5.41 Å². The molecule has 3 heteroatoms. The second kappa shape index (κ2) is 15.0. The first-order chi connectivity index (χ1) is 31.6. The molecule has 2 aliphatic carbocycles. The number of rotatable bonds is 7. The summed E-state index contributed by atoms with van der Waals surface area (Å²) in [5.41, 5.74) is 17.2. The monoisotopic (exact) mass is 815 g/mol. The van der Waals surface area contributed by atoms with E-state index in [1.807, 2.05) is 6.08 Å². The first-order valence-corrected chi connectivity index (χ1v) is 21.9. The molecule has 1 heterocycles. The molecule has 12 rings (SSSR count). The van der Waals surface area contributed by atoms with Gasteiger partial charge < -0.3 is 0 Å². The molecule has 9 aromatic carbocycles. The fraction of sp³-hybridized carbons (Fsp3) is 0.0328. The van der Waals surface area contributed by atoms with Crippen LogP contribution in [0.3, 0.4) is 0 Å². The van der Waals surface area contributed by atoms with Crippen molar-refractivity contribution in [3.05, 3.63) is 259 Å². The van der Waals surface area contributed by atoms with E-state index in [0.717, 1.165) is 44.2 Å². The van der Waals surface area contributed by atoms with Gasteiger partial charge in [0.25, 0.3) is 0 Å². The molecule has 1 aromatic heterocycles. The Hall–Kier alpha value is -8.27. The van der Waals surface area contributed by atoms with Gasteiger partial charge in [-0.05, 0) is 120 Å². The van der Waals surface area contributed by atoms with Gasteiger partial charge in [-0.15, -0.1) is 0 Å². The molecule has 10 aromatic rings. The molecule has 0 saturated carbocycles. The molecule has 0 bridgehead atoms. The van der Waals surface area contributed by atoms with Crippen LogP contribution in [0.5, 0.6) is 0 Å². The van der Waals surface area contributed by atoms with Crippen LogP contribution in [0.4, 0.5) is 0 Å². The van der Waals surface area contributed by atoms with Gasteiger partial charge in [0.15, 0.2) is 17.5 Å². The highest BCUT2D eigenvalue weighted by atomic mass is 15.0. The van der Waals surface area contributed by atoms with Gasteiger partial charge in [-0.1, -0.05) is 201 Å². The van der Waals surface area contributed by atoms with E-state index in [1.165, 1.54) is 60.8 Å².